The first-order valence-corrected chi connectivity index (χ1v) is 6.09. The Hall–Kier alpha value is -1.59. The molecular formula is C12H14ClN3O2. The van der Waals surface area contributed by atoms with E-state index in [-0.39, 0.29) is 18.2 Å². The lowest BCUT2D eigenvalue weighted by Gasteiger charge is -2.22. The number of amides is 2. The minimum absolute atomic E-state index is 0.120. The number of hydrogen-bond acceptors (Lipinski definition) is 3. The van der Waals surface area contributed by atoms with Crippen molar-refractivity contribution < 1.29 is 9.59 Å². The highest BCUT2D eigenvalue weighted by Gasteiger charge is 2.23. The summed E-state index contributed by atoms with van der Waals surface area (Å²) in [7, 11) is 0. The predicted molar refractivity (Wildman–Crippen MR) is 69.5 cm³/mol. The molecule has 1 atom stereocenters. The molecule has 2 rings (SSSR count). The summed E-state index contributed by atoms with van der Waals surface area (Å²) < 4.78 is 0. The van der Waals surface area contributed by atoms with Gasteiger partial charge in [0.05, 0.1) is 12.5 Å². The first-order chi connectivity index (χ1) is 8.65. The van der Waals surface area contributed by atoms with Crippen molar-refractivity contribution >= 4 is 29.1 Å². The molecule has 1 aliphatic heterocycles. The summed E-state index contributed by atoms with van der Waals surface area (Å²) in [5.74, 6) is -0.334. The van der Waals surface area contributed by atoms with Crippen molar-refractivity contribution in [3.63, 3.8) is 0 Å². The normalized spacial score (nSPS) is 19.2. The van der Waals surface area contributed by atoms with E-state index < -0.39 is 6.04 Å². The van der Waals surface area contributed by atoms with Gasteiger partial charge in [0.15, 0.2) is 0 Å². The summed E-state index contributed by atoms with van der Waals surface area (Å²) >= 11 is 5.75. The molecular weight excluding hydrogens is 254 g/mol. The maximum absolute atomic E-state index is 11.7. The SMILES string of the molecule is O=C(C[C@H]1NCCNC1=O)Nc1ccc(Cl)cc1. The molecule has 0 saturated carbocycles. The number of carbonyl (C=O) groups excluding carboxylic acids is 2. The van der Waals surface area contributed by atoms with Crippen LogP contribution in [0.4, 0.5) is 5.69 Å². The van der Waals surface area contributed by atoms with E-state index in [0.717, 1.165) is 0 Å². The topological polar surface area (TPSA) is 70.2 Å². The molecule has 1 aliphatic rings. The van der Waals surface area contributed by atoms with Gasteiger partial charge in [0.1, 0.15) is 0 Å². The Kier molecular flexibility index (Phi) is 4.17. The van der Waals surface area contributed by atoms with Crippen LogP contribution in [0.15, 0.2) is 24.3 Å². The summed E-state index contributed by atoms with van der Waals surface area (Å²) in [4.78, 5) is 23.2. The Labute approximate surface area is 110 Å². The van der Waals surface area contributed by atoms with Gasteiger partial charge in [0.25, 0.3) is 0 Å². The van der Waals surface area contributed by atoms with Gasteiger partial charge in [-0.2, -0.15) is 0 Å². The van der Waals surface area contributed by atoms with Gasteiger partial charge in [-0.1, -0.05) is 11.6 Å². The van der Waals surface area contributed by atoms with Crippen LogP contribution >= 0.6 is 11.6 Å². The first kappa shape index (κ1) is 12.9. The van der Waals surface area contributed by atoms with Crippen molar-refractivity contribution in [3.8, 4) is 0 Å². The molecule has 0 aromatic heterocycles. The summed E-state index contributed by atoms with van der Waals surface area (Å²) in [6.07, 6.45) is 0.120. The fraction of sp³-hybridized carbons (Fsp3) is 0.333. The van der Waals surface area contributed by atoms with E-state index >= 15 is 0 Å². The number of rotatable bonds is 3. The largest absolute Gasteiger partial charge is 0.353 e. The molecule has 2 amide bonds. The number of anilines is 1. The van der Waals surface area contributed by atoms with Crippen LogP contribution in [-0.2, 0) is 9.59 Å². The monoisotopic (exact) mass is 267 g/mol. The third kappa shape index (κ3) is 3.45. The fourth-order valence-corrected chi connectivity index (χ4v) is 1.87. The highest BCUT2D eigenvalue weighted by molar-refractivity contribution is 6.30. The molecule has 1 heterocycles. The average molecular weight is 268 g/mol. The van der Waals surface area contributed by atoms with Crippen LogP contribution in [0.25, 0.3) is 0 Å². The van der Waals surface area contributed by atoms with Gasteiger partial charge in [0.2, 0.25) is 11.8 Å². The zero-order valence-electron chi connectivity index (χ0n) is 9.70. The third-order valence-electron chi connectivity index (χ3n) is 2.65. The average Bonchev–Trinajstić information content (AvgIpc) is 2.35. The minimum atomic E-state index is -0.453. The molecule has 0 aliphatic carbocycles. The Bertz CT molecular complexity index is 447. The van der Waals surface area contributed by atoms with Crippen LogP contribution in [-0.4, -0.2) is 30.9 Å². The van der Waals surface area contributed by atoms with E-state index in [1.807, 2.05) is 0 Å². The number of carbonyl (C=O) groups is 2. The van der Waals surface area contributed by atoms with Crippen molar-refractivity contribution in [3.05, 3.63) is 29.3 Å². The maximum atomic E-state index is 11.7. The number of benzene rings is 1. The third-order valence-corrected chi connectivity index (χ3v) is 2.90. The smallest absolute Gasteiger partial charge is 0.237 e. The van der Waals surface area contributed by atoms with Crippen LogP contribution < -0.4 is 16.0 Å². The molecule has 96 valence electrons. The van der Waals surface area contributed by atoms with E-state index in [4.69, 9.17) is 11.6 Å². The van der Waals surface area contributed by atoms with Gasteiger partial charge in [-0.25, -0.2) is 0 Å². The van der Waals surface area contributed by atoms with Gasteiger partial charge in [-0.15, -0.1) is 0 Å². The van der Waals surface area contributed by atoms with E-state index in [1.54, 1.807) is 24.3 Å². The van der Waals surface area contributed by atoms with Crippen LogP contribution in [0, 0.1) is 0 Å². The molecule has 6 heteroatoms. The Morgan fingerprint density at radius 3 is 2.72 bits per heavy atom. The zero-order chi connectivity index (χ0) is 13.0. The van der Waals surface area contributed by atoms with Gasteiger partial charge >= 0.3 is 0 Å². The van der Waals surface area contributed by atoms with E-state index in [2.05, 4.69) is 16.0 Å². The van der Waals surface area contributed by atoms with Gasteiger partial charge in [-0.3, -0.25) is 9.59 Å². The van der Waals surface area contributed by atoms with Crippen molar-refractivity contribution in [2.24, 2.45) is 0 Å². The van der Waals surface area contributed by atoms with E-state index in [1.165, 1.54) is 0 Å². The second kappa shape index (κ2) is 5.84. The van der Waals surface area contributed by atoms with Crippen molar-refractivity contribution in [2.75, 3.05) is 18.4 Å². The first-order valence-electron chi connectivity index (χ1n) is 5.71. The second-order valence-electron chi connectivity index (χ2n) is 4.06. The lowest BCUT2D eigenvalue weighted by Crippen LogP contribution is -2.53. The quantitative estimate of drug-likeness (QED) is 0.757. The summed E-state index contributed by atoms with van der Waals surface area (Å²) in [5, 5.41) is 9.04. The fourth-order valence-electron chi connectivity index (χ4n) is 1.74. The molecule has 0 unspecified atom stereocenters. The standard InChI is InChI=1S/C12H14ClN3O2/c13-8-1-3-9(4-2-8)16-11(17)7-10-12(18)15-6-5-14-10/h1-4,10,14H,5-7H2,(H,15,18)(H,16,17)/t10-/m1/s1. The van der Waals surface area contributed by atoms with Crippen LogP contribution in [0.1, 0.15) is 6.42 Å². The highest BCUT2D eigenvalue weighted by Crippen LogP contribution is 2.13. The Morgan fingerprint density at radius 1 is 1.33 bits per heavy atom. The molecule has 18 heavy (non-hydrogen) atoms. The minimum Gasteiger partial charge on any atom is -0.353 e. The lowest BCUT2D eigenvalue weighted by molar-refractivity contribution is -0.127. The number of halogens is 1. The Balaban J connectivity index is 1.88. The van der Waals surface area contributed by atoms with Crippen molar-refractivity contribution in [2.45, 2.75) is 12.5 Å². The van der Waals surface area contributed by atoms with Crippen LogP contribution in [0.2, 0.25) is 5.02 Å². The van der Waals surface area contributed by atoms with Gasteiger partial charge < -0.3 is 16.0 Å². The zero-order valence-corrected chi connectivity index (χ0v) is 10.5. The predicted octanol–water partition coefficient (Wildman–Crippen LogP) is 0.757. The van der Waals surface area contributed by atoms with Crippen LogP contribution in [0.5, 0.6) is 0 Å². The molecule has 0 spiro atoms. The number of nitrogens with one attached hydrogen (secondary N) is 3. The van der Waals surface area contributed by atoms with Gasteiger partial charge in [0, 0.05) is 23.8 Å². The summed E-state index contributed by atoms with van der Waals surface area (Å²) in [5.41, 5.74) is 0.667. The highest BCUT2D eigenvalue weighted by atomic mass is 35.5. The molecule has 5 nitrogen and oxygen atoms in total. The van der Waals surface area contributed by atoms with Crippen molar-refractivity contribution in [1.29, 1.82) is 0 Å². The maximum Gasteiger partial charge on any atom is 0.237 e. The molecule has 0 radical (unpaired) electrons. The van der Waals surface area contributed by atoms with Crippen molar-refractivity contribution in [1.82, 2.24) is 10.6 Å². The van der Waals surface area contributed by atoms with Gasteiger partial charge in [-0.05, 0) is 24.3 Å². The second-order valence-corrected chi connectivity index (χ2v) is 4.49. The van der Waals surface area contributed by atoms with Crippen LogP contribution in [0.3, 0.4) is 0 Å². The summed E-state index contributed by atoms with van der Waals surface area (Å²) in [6, 6.07) is 6.38. The van der Waals surface area contributed by atoms with E-state index in [9.17, 15) is 9.59 Å². The summed E-state index contributed by atoms with van der Waals surface area (Å²) in [6.45, 7) is 1.29. The number of piperazine rings is 1. The number of hydrogen-bond donors (Lipinski definition) is 3. The lowest BCUT2D eigenvalue weighted by atomic mass is 10.1. The molecule has 3 N–H and O–H groups in total. The molecule has 1 fully saturated rings. The molecule has 1 aromatic rings. The molecule has 0 bridgehead atoms. The van der Waals surface area contributed by atoms with E-state index in [0.29, 0.717) is 23.8 Å². The Morgan fingerprint density at radius 2 is 2.06 bits per heavy atom. The molecule has 1 saturated heterocycles. The molecule has 1 aromatic carbocycles.